The molecule has 0 atom stereocenters. The first-order valence-corrected chi connectivity index (χ1v) is 9.54. The Morgan fingerprint density at radius 1 is 1.20 bits per heavy atom. The third kappa shape index (κ3) is 11.2. The number of rotatable bonds is 11. The van der Waals surface area contributed by atoms with Crippen LogP contribution in [-0.4, -0.2) is 39.1 Å². The molecule has 0 heterocycles. The number of hydrogen-bond donors (Lipinski definition) is 1. The monoisotopic (exact) mass is 302 g/mol. The van der Waals surface area contributed by atoms with E-state index >= 15 is 0 Å². The molecule has 0 spiro atoms. The minimum Gasteiger partial charge on any atom is -0.478 e. The second-order valence-corrected chi connectivity index (χ2v) is 7.62. The molecule has 0 aliphatic heterocycles. The van der Waals surface area contributed by atoms with Gasteiger partial charge in [-0.25, -0.2) is 4.79 Å². The molecule has 0 aliphatic rings. The van der Waals surface area contributed by atoms with Crippen molar-refractivity contribution in [2.45, 2.75) is 78.0 Å². The van der Waals surface area contributed by atoms with Crippen molar-refractivity contribution in [1.29, 1.82) is 0 Å². The second kappa shape index (κ2) is 11.1. The van der Waals surface area contributed by atoms with Crippen LogP contribution in [0.15, 0.2) is 11.6 Å². The summed E-state index contributed by atoms with van der Waals surface area (Å²) in [4.78, 5) is 10.6. The maximum atomic E-state index is 10.6. The van der Waals surface area contributed by atoms with Crippen molar-refractivity contribution in [1.82, 2.24) is 0 Å². The van der Waals surface area contributed by atoms with E-state index < -0.39 is 5.97 Å². The number of aliphatic carboxylic acids is 1. The topological polar surface area (TPSA) is 55.8 Å². The molecule has 0 aromatic heterocycles. The Balaban J connectivity index is 3.83. The van der Waals surface area contributed by atoms with Crippen LogP contribution >= 0.6 is 0 Å². The first kappa shape index (κ1) is 19.3. The number of unbranched alkanes of at least 4 members (excludes halogenated alkanes) is 1. The smallest absolute Gasteiger partial charge is 0.330 e. The van der Waals surface area contributed by atoms with Gasteiger partial charge in [0.2, 0.25) is 0 Å². The van der Waals surface area contributed by atoms with Crippen molar-refractivity contribution in [3.05, 3.63) is 11.6 Å². The van der Waals surface area contributed by atoms with E-state index in [1.807, 2.05) is 33.8 Å². The van der Waals surface area contributed by atoms with Crippen LogP contribution in [0.1, 0.15) is 47.5 Å². The highest BCUT2D eigenvalue weighted by molar-refractivity contribution is 6.35. The fourth-order valence-electron chi connectivity index (χ4n) is 1.81. The van der Waals surface area contributed by atoms with Gasteiger partial charge in [-0.2, -0.15) is 0 Å². The molecule has 0 radical (unpaired) electrons. The van der Waals surface area contributed by atoms with Crippen LogP contribution < -0.4 is 0 Å². The Morgan fingerprint density at radius 2 is 1.75 bits per heavy atom. The Bertz CT molecular complexity index is 290. The highest BCUT2D eigenvalue weighted by Crippen LogP contribution is 2.10. The summed E-state index contributed by atoms with van der Waals surface area (Å²) >= 11 is 0. The Morgan fingerprint density at radius 3 is 2.20 bits per heavy atom. The lowest BCUT2D eigenvalue weighted by molar-refractivity contribution is -0.169. The highest BCUT2D eigenvalue weighted by atomic mass is 28.2. The van der Waals surface area contributed by atoms with Gasteiger partial charge in [0.1, 0.15) is 0 Å². The van der Waals surface area contributed by atoms with Gasteiger partial charge in [0, 0.05) is 15.1 Å². The molecule has 0 aliphatic carbocycles. The minimum atomic E-state index is -0.821. The van der Waals surface area contributed by atoms with Gasteiger partial charge >= 0.3 is 5.97 Å². The molecule has 0 aromatic carbocycles. The van der Waals surface area contributed by atoms with E-state index in [4.69, 9.17) is 14.6 Å². The molecule has 1 N–H and O–H groups in total. The average molecular weight is 302 g/mol. The average Bonchev–Trinajstić information content (AvgIpc) is 2.31. The van der Waals surface area contributed by atoms with E-state index in [1.165, 1.54) is 6.04 Å². The van der Waals surface area contributed by atoms with Crippen LogP contribution in [0.25, 0.3) is 0 Å². The summed E-state index contributed by atoms with van der Waals surface area (Å²) < 4.78 is 11.5. The summed E-state index contributed by atoms with van der Waals surface area (Å²) in [6, 6.07) is 2.22. The van der Waals surface area contributed by atoms with Gasteiger partial charge in [-0.05, 0) is 47.1 Å². The first-order valence-electron chi connectivity index (χ1n) is 7.54. The summed E-state index contributed by atoms with van der Waals surface area (Å²) in [6.07, 6.45) is 4.03. The fraction of sp³-hybridized carbons (Fsp3) is 0.800. The second-order valence-electron chi connectivity index (χ2n) is 5.63. The van der Waals surface area contributed by atoms with Gasteiger partial charge in [0.15, 0.2) is 6.29 Å². The molecular weight excluding hydrogens is 272 g/mol. The van der Waals surface area contributed by atoms with Crippen molar-refractivity contribution in [2.24, 2.45) is 0 Å². The number of ether oxygens (including phenoxy) is 2. The number of carboxylic acids is 1. The van der Waals surface area contributed by atoms with Crippen molar-refractivity contribution in [3.63, 3.8) is 0 Å². The van der Waals surface area contributed by atoms with E-state index in [2.05, 4.69) is 0 Å². The maximum absolute atomic E-state index is 10.6. The molecule has 0 amide bonds. The number of carbonyl (C=O) groups is 1. The highest BCUT2D eigenvalue weighted by Gasteiger charge is 2.13. The van der Waals surface area contributed by atoms with Gasteiger partial charge in [-0.3, -0.25) is 0 Å². The predicted molar refractivity (Wildman–Crippen MR) is 85.0 cm³/mol. The van der Waals surface area contributed by atoms with Crippen LogP contribution in [0.2, 0.25) is 12.1 Å². The van der Waals surface area contributed by atoms with Gasteiger partial charge in [0.05, 0.1) is 12.2 Å². The number of hydrogen-bond acceptors (Lipinski definition) is 3. The lowest BCUT2D eigenvalue weighted by Gasteiger charge is -2.22. The Kier molecular flexibility index (Phi) is 10.7. The molecule has 0 unspecified atom stereocenters. The summed E-state index contributed by atoms with van der Waals surface area (Å²) in [7, 11) is -0.213. The summed E-state index contributed by atoms with van der Waals surface area (Å²) in [5.74, 6) is -0.821. The van der Waals surface area contributed by atoms with Crippen molar-refractivity contribution in [2.75, 3.05) is 0 Å². The zero-order valence-electron chi connectivity index (χ0n) is 13.5. The molecular formula is C15H30O4Si. The normalized spacial score (nSPS) is 13.3. The van der Waals surface area contributed by atoms with Gasteiger partial charge in [-0.1, -0.05) is 18.5 Å². The maximum Gasteiger partial charge on any atom is 0.330 e. The summed E-state index contributed by atoms with van der Waals surface area (Å²) in [5, 5.41) is 8.73. The van der Waals surface area contributed by atoms with Gasteiger partial charge in [0.25, 0.3) is 0 Å². The third-order valence-electron chi connectivity index (χ3n) is 2.78. The molecule has 0 rings (SSSR count). The van der Waals surface area contributed by atoms with Crippen LogP contribution in [0.3, 0.4) is 0 Å². The molecule has 0 aromatic rings. The lowest BCUT2D eigenvalue weighted by Crippen LogP contribution is -2.25. The number of carboxylic acid groups (broad SMARTS) is 1. The SMILES string of the molecule is CC(=CCCC[SiH2]CC(OC(C)C)OC(C)C)C(=O)O. The zero-order valence-corrected chi connectivity index (χ0v) is 14.9. The lowest BCUT2D eigenvalue weighted by atomic mass is 10.2. The minimum absolute atomic E-state index is 0.0713. The van der Waals surface area contributed by atoms with Crippen LogP contribution in [0.4, 0.5) is 0 Å². The van der Waals surface area contributed by atoms with Crippen LogP contribution in [0, 0.1) is 0 Å². The van der Waals surface area contributed by atoms with Gasteiger partial charge < -0.3 is 14.6 Å². The third-order valence-corrected chi connectivity index (χ3v) is 4.66. The van der Waals surface area contributed by atoms with Crippen LogP contribution in [-0.2, 0) is 14.3 Å². The van der Waals surface area contributed by atoms with E-state index in [0.29, 0.717) is 5.57 Å². The molecule has 0 saturated carbocycles. The van der Waals surface area contributed by atoms with Gasteiger partial charge in [-0.15, -0.1) is 0 Å². The number of allylic oxidation sites excluding steroid dienone is 1. The predicted octanol–water partition coefficient (Wildman–Crippen LogP) is 2.98. The molecule has 0 bridgehead atoms. The fourth-order valence-corrected chi connectivity index (χ4v) is 3.35. The largest absolute Gasteiger partial charge is 0.478 e. The van der Waals surface area contributed by atoms with E-state index in [-0.39, 0.29) is 28.0 Å². The standard InChI is InChI=1S/C15H30O4Si/c1-11(2)18-14(19-12(3)4)10-20-9-7-6-8-13(5)15(16)17/h8,11-12,14H,6-7,9-10,20H2,1-5H3,(H,16,17). The Labute approximate surface area is 125 Å². The molecule has 0 saturated heterocycles. The Hall–Kier alpha value is -0.653. The van der Waals surface area contributed by atoms with E-state index in [1.54, 1.807) is 6.92 Å². The molecule has 0 fully saturated rings. The van der Waals surface area contributed by atoms with Crippen molar-refractivity contribution in [3.8, 4) is 0 Å². The zero-order chi connectivity index (χ0) is 15.5. The quantitative estimate of drug-likeness (QED) is 0.276. The summed E-state index contributed by atoms with van der Waals surface area (Å²) in [6.45, 7) is 9.74. The van der Waals surface area contributed by atoms with Crippen molar-refractivity contribution < 1.29 is 19.4 Å². The van der Waals surface area contributed by atoms with Crippen molar-refractivity contribution >= 4 is 15.5 Å². The molecule has 20 heavy (non-hydrogen) atoms. The summed E-state index contributed by atoms with van der Waals surface area (Å²) in [5.41, 5.74) is 0.441. The molecule has 4 nitrogen and oxygen atoms in total. The van der Waals surface area contributed by atoms with E-state index in [0.717, 1.165) is 18.9 Å². The van der Waals surface area contributed by atoms with E-state index in [9.17, 15) is 4.79 Å². The van der Waals surface area contributed by atoms with Crippen LogP contribution in [0.5, 0.6) is 0 Å². The molecule has 118 valence electrons. The first-order chi connectivity index (χ1) is 9.32. The molecule has 5 heteroatoms.